The second-order valence-corrected chi connectivity index (χ2v) is 10.1. The van der Waals surface area contributed by atoms with E-state index in [2.05, 4.69) is 14.9 Å². The number of hydrogen-bond acceptors (Lipinski definition) is 5. The fraction of sp³-hybridized carbons (Fsp3) is 0.269. The topological polar surface area (TPSA) is 87.7 Å². The first kappa shape index (κ1) is 24.5. The van der Waals surface area contributed by atoms with Gasteiger partial charge in [-0.05, 0) is 86.0 Å². The molecule has 0 bridgehead atoms. The maximum atomic E-state index is 13.2. The lowest BCUT2D eigenvalue weighted by molar-refractivity contribution is 0.0948. The van der Waals surface area contributed by atoms with Crippen molar-refractivity contribution >= 4 is 27.3 Å². The van der Waals surface area contributed by atoms with E-state index in [1.807, 2.05) is 6.92 Å². The highest BCUT2D eigenvalue weighted by atomic mass is 32.2. The van der Waals surface area contributed by atoms with E-state index in [0.29, 0.717) is 24.6 Å². The van der Waals surface area contributed by atoms with Gasteiger partial charge in [0, 0.05) is 36.6 Å². The van der Waals surface area contributed by atoms with Crippen molar-refractivity contribution in [2.75, 3.05) is 35.9 Å². The molecule has 1 amide bonds. The molecule has 1 saturated heterocycles. The van der Waals surface area contributed by atoms with E-state index < -0.39 is 10.0 Å². The van der Waals surface area contributed by atoms with Gasteiger partial charge in [-0.1, -0.05) is 6.07 Å². The number of benzene rings is 3. The lowest BCUT2D eigenvalue weighted by Crippen LogP contribution is -2.31. The van der Waals surface area contributed by atoms with Crippen LogP contribution in [-0.2, 0) is 10.0 Å². The Kier molecular flexibility index (Phi) is 7.55. The minimum Gasteiger partial charge on any atom is -0.494 e. The van der Waals surface area contributed by atoms with Crippen LogP contribution in [0.5, 0.6) is 5.75 Å². The zero-order valence-corrected chi connectivity index (χ0v) is 20.2. The molecule has 1 aliphatic rings. The first-order chi connectivity index (χ1) is 16.8. The molecule has 3 aromatic carbocycles. The predicted octanol–water partition coefficient (Wildman–Crippen LogP) is 4.28. The van der Waals surface area contributed by atoms with Crippen molar-refractivity contribution < 1.29 is 22.3 Å². The molecule has 2 N–H and O–H groups in total. The minimum atomic E-state index is -3.87. The summed E-state index contributed by atoms with van der Waals surface area (Å²) in [5, 5.41) is 2.91. The number of hydrogen-bond donors (Lipinski definition) is 2. The monoisotopic (exact) mass is 497 g/mol. The van der Waals surface area contributed by atoms with Crippen molar-refractivity contribution in [1.29, 1.82) is 0 Å². The van der Waals surface area contributed by atoms with Gasteiger partial charge in [0.1, 0.15) is 11.6 Å². The van der Waals surface area contributed by atoms with Crippen molar-refractivity contribution in [1.82, 2.24) is 5.32 Å². The van der Waals surface area contributed by atoms with E-state index in [1.165, 1.54) is 24.3 Å². The molecule has 1 fully saturated rings. The summed E-state index contributed by atoms with van der Waals surface area (Å²) >= 11 is 0. The largest absolute Gasteiger partial charge is 0.494 e. The minimum absolute atomic E-state index is 0.00221. The summed E-state index contributed by atoms with van der Waals surface area (Å²) in [5.41, 5.74) is 1.63. The number of nitrogens with zero attached hydrogens (tertiary/aromatic N) is 1. The molecule has 0 spiro atoms. The van der Waals surface area contributed by atoms with Crippen LogP contribution in [-0.4, -0.2) is 40.6 Å². The van der Waals surface area contributed by atoms with Gasteiger partial charge in [-0.3, -0.25) is 9.52 Å². The molecule has 7 nitrogen and oxygen atoms in total. The quantitative estimate of drug-likeness (QED) is 0.461. The summed E-state index contributed by atoms with van der Waals surface area (Å²) in [4.78, 5) is 14.9. The smallest absolute Gasteiger partial charge is 0.261 e. The molecule has 1 heterocycles. The van der Waals surface area contributed by atoms with Crippen LogP contribution < -0.4 is 19.7 Å². The number of halogens is 1. The standard InChI is InChI=1S/C26H28FN3O4S/c1-2-34-24-12-8-22(9-13-24)29-35(32,33)25-5-3-4-20(16-25)26(31)28-17-19-14-15-30(18-19)23-10-6-21(27)7-11-23/h3-13,16,19,29H,2,14-15,17-18H2,1H3,(H,28,31). The van der Waals surface area contributed by atoms with Crippen LogP contribution in [0.4, 0.5) is 15.8 Å². The molecular weight excluding hydrogens is 469 g/mol. The second-order valence-electron chi connectivity index (χ2n) is 8.38. The Morgan fingerprint density at radius 1 is 1.09 bits per heavy atom. The summed E-state index contributed by atoms with van der Waals surface area (Å²) in [6, 6.07) is 19.0. The second kappa shape index (κ2) is 10.8. The first-order valence-corrected chi connectivity index (χ1v) is 13.0. The van der Waals surface area contributed by atoms with E-state index in [-0.39, 0.29) is 28.1 Å². The molecule has 0 aromatic heterocycles. The Morgan fingerprint density at radius 2 is 1.83 bits per heavy atom. The number of nitrogens with one attached hydrogen (secondary N) is 2. The van der Waals surface area contributed by atoms with Crippen molar-refractivity contribution in [2.24, 2.45) is 5.92 Å². The average molecular weight is 498 g/mol. The SMILES string of the molecule is CCOc1ccc(NS(=O)(=O)c2cccc(C(=O)NCC3CCN(c4ccc(F)cc4)C3)c2)cc1. The maximum absolute atomic E-state index is 13.2. The summed E-state index contributed by atoms with van der Waals surface area (Å²) in [7, 11) is -3.87. The third-order valence-electron chi connectivity index (χ3n) is 5.85. The van der Waals surface area contributed by atoms with Crippen molar-refractivity contribution in [3.05, 3.63) is 84.2 Å². The fourth-order valence-corrected chi connectivity index (χ4v) is 5.13. The average Bonchev–Trinajstić information content (AvgIpc) is 3.33. The van der Waals surface area contributed by atoms with Crippen LogP contribution in [0.1, 0.15) is 23.7 Å². The van der Waals surface area contributed by atoms with E-state index in [1.54, 1.807) is 48.5 Å². The molecule has 35 heavy (non-hydrogen) atoms. The Balaban J connectivity index is 1.34. The number of rotatable bonds is 9. The lowest BCUT2D eigenvalue weighted by atomic mass is 10.1. The molecule has 0 saturated carbocycles. The Labute approximate surface area is 205 Å². The van der Waals surface area contributed by atoms with Crippen LogP contribution in [0.2, 0.25) is 0 Å². The third-order valence-corrected chi connectivity index (χ3v) is 7.23. The molecule has 4 rings (SSSR count). The van der Waals surface area contributed by atoms with Crippen LogP contribution in [0.3, 0.4) is 0 Å². The van der Waals surface area contributed by atoms with Crippen LogP contribution >= 0.6 is 0 Å². The molecule has 0 aliphatic carbocycles. The van der Waals surface area contributed by atoms with Gasteiger partial charge in [0.25, 0.3) is 15.9 Å². The maximum Gasteiger partial charge on any atom is 0.261 e. The van der Waals surface area contributed by atoms with Gasteiger partial charge in [0.15, 0.2) is 0 Å². The number of ether oxygens (including phenoxy) is 1. The molecule has 3 aromatic rings. The third kappa shape index (κ3) is 6.30. The van der Waals surface area contributed by atoms with Crippen molar-refractivity contribution in [2.45, 2.75) is 18.2 Å². The van der Waals surface area contributed by atoms with E-state index >= 15 is 0 Å². The summed E-state index contributed by atoms with van der Waals surface area (Å²) in [5.74, 6) is 0.299. The predicted molar refractivity (Wildman–Crippen MR) is 134 cm³/mol. The zero-order valence-electron chi connectivity index (χ0n) is 19.4. The molecular formula is C26H28FN3O4S. The van der Waals surface area contributed by atoms with Crippen molar-refractivity contribution in [3.8, 4) is 5.75 Å². The van der Waals surface area contributed by atoms with Crippen LogP contribution in [0, 0.1) is 11.7 Å². The molecule has 1 unspecified atom stereocenters. The fourth-order valence-electron chi connectivity index (χ4n) is 4.03. The molecule has 184 valence electrons. The van der Waals surface area contributed by atoms with Gasteiger partial charge in [-0.25, -0.2) is 12.8 Å². The number of anilines is 2. The number of carbonyl (C=O) groups excluding carboxylic acids is 1. The number of amides is 1. The van der Waals surface area contributed by atoms with Crippen LogP contribution in [0.25, 0.3) is 0 Å². The van der Waals surface area contributed by atoms with E-state index in [4.69, 9.17) is 4.74 Å². The van der Waals surface area contributed by atoms with E-state index in [9.17, 15) is 17.6 Å². The number of carbonyl (C=O) groups is 1. The lowest BCUT2D eigenvalue weighted by Gasteiger charge is -2.19. The Morgan fingerprint density at radius 3 is 2.54 bits per heavy atom. The molecule has 9 heteroatoms. The zero-order chi connectivity index (χ0) is 24.8. The summed E-state index contributed by atoms with van der Waals surface area (Å²) in [6.45, 7) is 4.45. The van der Waals surface area contributed by atoms with Crippen molar-refractivity contribution in [3.63, 3.8) is 0 Å². The Hall–Kier alpha value is -3.59. The van der Waals surface area contributed by atoms with Crippen LogP contribution in [0.15, 0.2) is 77.7 Å². The first-order valence-electron chi connectivity index (χ1n) is 11.5. The van der Waals surface area contributed by atoms with E-state index in [0.717, 1.165) is 25.2 Å². The summed E-state index contributed by atoms with van der Waals surface area (Å²) < 4.78 is 46.7. The van der Waals surface area contributed by atoms with Gasteiger partial charge in [0.2, 0.25) is 0 Å². The highest BCUT2D eigenvalue weighted by molar-refractivity contribution is 7.92. The summed E-state index contributed by atoms with van der Waals surface area (Å²) in [6.07, 6.45) is 0.901. The van der Waals surface area contributed by atoms with Gasteiger partial charge in [-0.2, -0.15) is 0 Å². The molecule has 1 aliphatic heterocycles. The normalized spacial score (nSPS) is 15.6. The highest BCUT2D eigenvalue weighted by Crippen LogP contribution is 2.24. The van der Waals surface area contributed by atoms with Gasteiger partial charge in [-0.15, -0.1) is 0 Å². The van der Waals surface area contributed by atoms with Gasteiger partial charge < -0.3 is 15.0 Å². The number of sulfonamides is 1. The van der Waals surface area contributed by atoms with Gasteiger partial charge in [0.05, 0.1) is 11.5 Å². The molecule has 0 radical (unpaired) electrons. The Bertz CT molecular complexity index is 1260. The molecule has 1 atom stereocenters. The highest BCUT2D eigenvalue weighted by Gasteiger charge is 2.24. The van der Waals surface area contributed by atoms with Gasteiger partial charge >= 0.3 is 0 Å².